The van der Waals surface area contributed by atoms with Gasteiger partial charge in [-0.2, -0.15) is 0 Å². The molecule has 0 aromatic carbocycles. The number of nitrogens with zero attached hydrogens (tertiary/aromatic N) is 1. The van der Waals surface area contributed by atoms with Gasteiger partial charge < -0.3 is 5.32 Å². The van der Waals surface area contributed by atoms with Crippen molar-refractivity contribution in [1.29, 1.82) is 0 Å². The van der Waals surface area contributed by atoms with Crippen LogP contribution in [0.5, 0.6) is 0 Å². The lowest BCUT2D eigenvalue weighted by atomic mass is 9.89. The van der Waals surface area contributed by atoms with Gasteiger partial charge in [0.1, 0.15) is 0 Å². The molecule has 0 bridgehead atoms. The minimum atomic E-state index is 0.184. The Bertz CT molecular complexity index is 315. The van der Waals surface area contributed by atoms with Gasteiger partial charge in [-0.3, -0.25) is 4.90 Å². The van der Waals surface area contributed by atoms with Crippen LogP contribution in [0.25, 0.3) is 0 Å². The number of thiophene rings is 1. The van der Waals surface area contributed by atoms with Gasteiger partial charge in [-0.05, 0) is 51.3 Å². The van der Waals surface area contributed by atoms with Gasteiger partial charge in [-0.15, -0.1) is 11.3 Å². The third kappa shape index (κ3) is 3.81. The van der Waals surface area contributed by atoms with Crippen LogP contribution in [0.1, 0.15) is 39.5 Å². The molecule has 1 unspecified atom stereocenters. The smallest absolute Gasteiger partial charge is 0.0309 e. The molecular formula is C15H28N2S. The second-order valence-corrected chi connectivity index (χ2v) is 6.25. The molecule has 0 amide bonds. The summed E-state index contributed by atoms with van der Waals surface area (Å²) >= 11 is 1.86. The first-order chi connectivity index (χ1) is 8.56. The van der Waals surface area contributed by atoms with Crippen molar-refractivity contribution in [3.05, 3.63) is 22.4 Å². The van der Waals surface area contributed by atoms with Crippen molar-refractivity contribution in [1.82, 2.24) is 10.2 Å². The van der Waals surface area contributed by atoms with Gasteiger partial charge >= 0.3 is 0 Å². The molecule has 0 saturated carbocycles. The summed E-state index contributed by atoms with van der Waals surface area (Å²) in [5.74, 6) is 0. The fourth-order valence-corrected chi connectivity index (χ4v) is 3.46. The predicted molar refractivity (Wildman–Crippen MR) is 82.5 cm³/mol. The van der Waals surface area contributed by atoms with Gasteiger partial charge in [0.2, 0.25) is 0 Å². The van der Waals surface area contributed by atoms with Crippen LogP contribution in [0, 0.1) is 0 Å². The van der Waals surface area contributed by atoms with Crippen molar-refractivity contribution in [2.24, 2.45) is 0 Å². The van der Waals surface area contributed by atoms with Gasteiger partial charge in [0, 0.05) is 16.5 Å². The highest BCUT2D eigenvalue weighted by molar-refractivity contribution is 7.09. The molecule has 0 aliphatic heterocycles. The molecule has 1 heterocycles. The summed E-state index contributed by atoms with van der Waals surface area (Å²) in [6, 6.07) is 4.89. The number of nitrogens with one attached hydrogen (secondary N) is 1. The molecule has 3 heteroatoms. The topological polar surface area (TPSA) is 15.3 Å². The molecule has 1 rings (SSSR count). The molecule has 0 aliphatic carbocycles. The maximum Gasteiger partial charge on any atom is 0.0309 e. The van der Waals surface area contributed by atoms with E-state index in [4.69, 9.17) is 0 Å². The van der Waals surface area contributed by atoms with Crippen molar-refractivity contribution in [3.8, 4) is 0 Å². The molecule has 1 aromatic heterocycles. The van der Waals surface area contributed by atoms with Gasteiger partial charge in [0.15, 0.2) is 0 Å². The van der Waals surface area contributed by atoms with Gasteiger partial charge in [0.25, 0.3) is 0 Å². The van der Waals surface area contributed by atoms with E-state index in [0.717, 1.165) is 26.1 Å². The molecule has 2 nitrogen and oxygen atoms in total. The number of rotatable bonds is 8. The van der Waals surface area contributed by atoms with E-state index in [-0.39, 0.29) is 5.54 Å². The van der Waals surface area contributed by atoms with Crippen molar-refractivity contribution >= 4 is 11.3 Å². The van der Waals surface area contributed by atoms with E-state index in [0.29, 0.717) is 6.04 Å². The zero-order chi connectivity index (χ0) is 13.6. The summed E-state index contributed by atoms with van der Waals surface area (Å²) in [7, 11) is 0. The Morgan fingerprint density at radius 3 is 2.39 bits per heavy atom. The standard InChI is InChI=1S/C15H28N2S/c1-6-16-14(12-13-10-9-11-18-13)15(4,5)17(7-2)8-3/h9-11,14,16H,6-8,12H2,1-5H3. The first-order valence-corrected chi connectivity index (χ1v) is 7.94. The van der Waals surface area contributed by atoms with E-state index in [1.54, 1.807) is 0 Å². The minimum Gasteiger partial charge on any atom is -0.312 e. The van der Waals surface area contributed by atoms with Crippen LogP contribution in [0.4, 0.5) is 0 Å². The first kappa shape index (κ1) is 15.7. The van der Waals surface area contributed by atoms with Crippen LogP contribution < -0.4 is 5.32 Å². The number of hydrogen-bond donors (Lipinski definition) is 1. The molecule has 104 valence electrons. The van der Waals surface area contributed by atoms with E-state index in [1.165, 1.54) is 4.88 Å². The predicted octanol–water partition coefficient (Wildman–Crippen LogP) is 3.39. The minimum absolute atomic E-state index is 0.184. The third-order valence-corrected chi connectivity index (χ3v) is 4.77. The highest BCUT2D eigenvalue weighted by Gasteiger charge is 2.33. The average Bonchev–Trinajstić information content (AvgIpc) is 2.82. The lowest BCUT2D eigenvalue weighted by Crippen LogP contribution is -2.58. The molecule has 1 aromatic rings. The highest BCUT2D eigenvalue weighted by atomic mass is 32.1. The molecule has 1 N–H and O–H groups in total. The molecule has 1 atom stereocenters. The highest BCUT2D eigenvalue weighted by Crippen LogP contribution is 2.23. The van der Waals surface area contributed by atoms with Crippen LogP contribution >= 0.6 is 11.3 Å². The number of hydrogen-bond acceptors (Lipinski definition) is 3. The molecule has 18 heavy (non-hydrogen) atoms. The summed E-state index contributed by atoms with van der Waals surface area (Å²) in [5.41, 5.74) is 0.184. The zero-order valence-corrected chi connectivity index (χ0v) is 13.3. The Hall–Kier alpha value is -0.380. The molecule has 0 aliphatic rings. The maximum absolute atomic E-state index is 3.68. The van der Waals surface area contributed by atoms with E-state index < -0.39 is 0 Å². The van der Waals surface area contributed by atoms with E-state index in [9.17, 15) is 0 Å². The number of likely N-dealkylation sites (N-methyl/N-ethyl adjacent to an activating group) is 2. The van der Waals surface area contributed by atoms with Gasteiger partial charge in [-0.25, -0.2) is 0 Å². The molecule has 0 spiro atoms. The Morgan fingerprint density at radius 2 is 1.94 bits per heavy atom. The molecular weight excluding hydrogens is 240 g/mol. The Kier molecular flexibility index (Phi) is 6.33. The fraction of sp³-hybridized carbons (Fsp3) is 0.733. The molecule has 0 saturated heterocycles. The SMILES string of the molecule is CCNC(Cc1cccs1)C(C)(C)N(CC)CC. The van der Waals surface area contributed by atoms with Crippen LogP contribution in [-0.2, 0) is 6.42 Å². The Balaban J connectivity index is 2.81. The second kappa shape index (κ2) is 7.27. The second-order valence-electron chi connectivity index (χ2n) is 5.22. The zero-order valence-electron chi connectivity index (χ0n) is 12.5. The van der Waals surface area contributed by atoms with E-state index in [2.05, 4.69) is 62.3 Å². The Labute approximate surface area is 116 Å². The van der Waals surface area contributed by atoms with Crippen molar-refractivity contribution in [3.63, 3.8) is 0 Å². The normalized spacial score (nSPS) is 14.1. The van der Waals surface area contributed by atoms with Crippen molar-refractivity contribution in [2.45, 2.75) is 52.6 Å². The van der Waals surface area contributed by atoms with Gasteiger partial charge in [-0.1, -0.05) is 26.8 Å². The summed E-state index contributed by atoms with van der Waals surface area (Å²) in [6.45, 7) is 14.7. The third-order valence-electron chi connectivity index (χ3n) is 3.87. The molecule has 0 radical (unpaired) electrons. The summed E-state index contributed by atoms with van der Waals surface area (Å²) in [4.78, 5) is 4.02. The van der Waals surface area contributed by atoms with E-state index >= 15 is 0 Å². The largest absolute Gasteiger partial charge is 0.312 e. The summed E-state index contributed by atoms with van der Waals surface area (Å²) in [5, 5.41) is 5.84. The van der Waals surface area contributed by atoms with Crippen molar-refractivity contribution < 1.29 is 0 Å². The summed E-state index contributed by atoms with van der Waals surface area (Å²) < 4.78 is 0. The first-order valence-electron chi connectivity index (χ1n) is 7.07. The summed E-state index contributed by atoms with van der Waals surface area (Å²) in [6.07, 6.45) is 1.12. The van der Waals surface area contributed by atoms with Crippen LogP contribution in [0.2, 0.25) is 0 Å². The van der Waals surface area contributed by atoms with Crippen LogP contribution in [0.15, 0.2) is 17.5 Å². The quantitative estimate of drug-likeness (QED) is 0.777. The van der Waals surface area contributed by atoms with Gasteiger partial charge in [0.05, 0.1) is 0 Å². The average molecular weight is 268 g/mol. The Morgan fingerprint density at radius 1 is 1.28 bits per heavy atom. The maximum atomic E-state index is 3.68. The fourth-order valence-electron chi connectivity index (χ4n) is 2.71. The molecule has 0 fully saturated rings. The van der Waals surface area contributed by atoms with Crippen molar-refractivity contribution in [2.75, 3.05) is 19.6 Å². The van der Waals surface area contributed by atoms with Crippen LogP contribution in [0.3, 0.4) is 0 Å². The van der Waals surface area contributed by atoms with Crippen LogP contribution in [-0.4, -0.2) is 36.1 Å². The monoisotopic (exact) mass is 268 g/mol. The van der Waals surface area contributed by atoms with E-state index in [1.807, 2.05) is 11.3 Å². The lowest BCUT2D eigenvalue weighted by molar-refractivity contribution is 0.0921. The lowest BCUT2D eigenvalue weighted by Gasteiger charge is -2.43.